The van der Waals surface area contributed by atoms with Gasteiger partial charge in [-0.05, 0) is 6.42 Å². The highest BCUT2D eigenvalue weighted by atomic mass is 16.3. The molecule has 0 fully saturated rings. The van der Waals surface area contributed by atoms with Crippen molar-refractivity contribution in [3.05, 3.63) is 11.6 Å². The Labute approximate surface area is 71.0 Å². The zero-order valence-electron chi connectivity index (χ0n) is 7.12. The van der Waals surface area contributed by atoms with Crippen molar-refractivity contribution in [2.45, 2.75) is 25.8 Å². The number of aliphatic hydroxyl groups is 1. The third-order valence-corrected chi connectivity index (χ3v) is 1.56. The molecule has 12 heavy (non-hydrogen) atoms. The third kappa shape index (κ3) is 2.02. The molecule has 1 heterocycles. The summed E-state index contributed by atoms with van der Waals surface area (Å²) in [5, 5.41) is 15.4. The molecule has 1 unspecified atom stereocenters. The van der Waals surface area contributed by atoms with E-state index in [1.165, 1.54) is 0 Å². The fourth-order valence-electron chi connectivity index (χ4n) is 0.906. The maximum Gasteiger partial charge on any atom is 0.169 e. The predicted molar refractivity (Wildman–Crippen MR) is 44.4 cm³/mol. The van der Waals surface area contributed by atoms with Crippen LogP contribution in [0.3, 0.4) is 0 Å². The van der Waals surface area contributed by atoms with E-state index in [4.69, 9.17) is 10.8 Å². The van der Waals surface area contributed by atoms with Gasteiger partial charge in [0.2, 0.25) is 0 Å². The van der Waals surface area contributed by atoms with Crippen molar-refractivity contribution < 1.29 is 5.11 Å². The van der Waals surface area contributed by atoms with E-state index in [2.05, 4.69) is 22.1 Å². The lowest BCUT2D eigenvalue weighted by Gasteiger charge is -1.99. The fraction of sp³-hybridized carbons (Fsp3) is 0.714. The molecule has 0 aromatic carbocycles. The monoisotopic (exact) mass is 170 g/mol. The zero-order valence-corrected chi connectivity index (χ0v) is 7.12. The smallest absolute Gasteiger partial charge is 0.169 e. The van der Waals surface area contributed by atoms with Gasteiger partial charge in [0.1, 0.15) is 5.82 Å². The van der Waals surface area contributed by atoms with Crippen LogP contribution in [0.4, 0.5) is 0 Å². The first-order valence-corrected chi connectivity index (χ1v) is 4.05. The Bertz CT molecular complexity index is 235. The molecule has 0 aliphatic heterocycles. The van der Waals surface area contributed by atoms with E-state index in [1.807, 2.05) is 0 Å². The molecule has 1 rings (SSSR count). The molecule has 0 aliphatic carbocycles. The second-order valence-electron chi connectivity index (χ2n) is 2.68. The average molecular weight is 170 g/mol. The maximum absolute atomic E-state index is 8.71. The van der Waals surface area contributed by atoms with Gasteiger partial charge >= 0.3 is 0 Å². The summed E-state index contributed by atoms with van der Waals surface area (Å²) in [6.45, 7) is 1.94. The minimum atomic E-state index is -0.466. The number of aromatic nitrogens is 3. The van der Waals surface area contributed by atoms with Gasteiger partial charge in [-0.3, -0.25) is 5.10 Å². The Kier molecular flexibility index (Phi) is 3.19. The van der Waals surface area contributed by atoms with Crippen LogP contribution in [0.15, 0.2) is 0 Å². The van der Waals surface area contributed by atoms with E-state index >= 15 is 0 Å². The molecule has 0 bridgehead atoms. The molecule has 0 radical (unpaired) electrons. The van der Waals surface area contributed by atoms with Gasteiger partial charge in [-0.1, -0.05) is 6.92 Å². The normalized spacial score (nSPS) is 13.2. The van der Waals surface area contributed by atoms with Crippen molar-refractivity contribution in [1.29, 1.82) is 0 Å². The standard InChI is InChI=1S/C7H14N4O/c1-2-3-6-9-7(11-10-6)5(8)4-12/h5,12H,2-4,8H2,1H3,(H,9,10,11). The van der Waals surface area contributed by atoms with Crippen molar-refractivity contribution in [2.24, 2.45) is 5.73 Å². The lowest BCUT2D eigenvalue weighted by Crippen LogP contribution is -2.16. The predicted octanol–water partition coefficient (Wildman–Crippen LogP) is -0.251. The van der Waals surface area contributed by atoms with Gasteiger partial charge in [-0.15, -0.1) is 0 Å². The number of nitrogens with one attached hydrogen (secondary N) is 1. The number of aromatic amines is 1. The van der Waals surface area contributed by atoms with Gasteiger partial charge in [-0.25, -0.2) is 4.98 Å². The summed E-state index contributed by atoms with van der Waals surface area (Å²) in [5.74, 6) is 1.32. The first kappa shape index (κ1) is 9.15. The molecule has 1 aromatic rings. The first-order valence-electron chi connectivity index (χ1n) is 4.05. The summed E-state index contributed by atoms with van der Waals surface area (Å²) in [7, 11) is 0. The Morgan fingerprint density at radius 1 is 1.67 bits per heavy atom. The molecule has 1 atom stereocenters. The molecule has 0 saturated heterocycles. The number of rotatable bonds is 4. The highest BCUT2D eigenvalue weighted by Crippen LogP contribution is 2.03. The number of nitrogens with two attached hydrogens (primary N) is 1. The van der Waals surface area contributed by atoms with Gasteiger partial charge < -0.3 is 10.8 Å². The van der Waals surface area contributed by atoms with Gasteiger partial charge in [0.05, 0.1) is 12.6 Å². The summed E-state index contributed by atoms with van der Waals surface area (Å²) in [6.07, 6.45) is 1.88. The minimum Gasteiger partial charge on any atom is -0.394 e. The van der Waals surface area contributed by atoms with Crippen molar-refractivity contribution in [1.82, 2.24) is 15.2 Å². The molecule has 5 heteroatoms. The number of aliphatic hydroxyl groups excluding tert-OH is 1. The van der Waals surface area contributed by atoms with Crippen LogP contribution in [-0.2, 0) is 6.42 Å². The second kappa shape index (κ2) is 4.18. The van der Waals surface area contributed by atoms with Crippen LogP contribution in [0.25, 0.3) is 0 Å². The summed E-state index contributed by atoms with van der Waals surface area (Å²) < 4.78 is 0. The van der Waals surface area contributed by atoms with E-state index < -0.39 is 6.04 Å². The van der Waals surface area contributed by atoms with Crippen LogP contribution in [0.2, 0.25) is 0 Å². The molecular weight excluding hydrogens is 156 g/mol. The van der Waals surface area contributed by atoms with Crippen LogP contribution < -0.4 is 5.73 Å². The van der Waals surface area contributed by atoms with E-state index in [9.17, 15) is 0 Å². The lowest BCUT2D eigenvalue weighted by atomic mass is 10.3. The highest BCUT2D eigenvalue weighted by Gasteiger charge is 2.09. The number of nitrogens with zero attached hydrogens (tertiary/aromatic N) is 2. The molecule has 1 aromatic heterocycles. The summed E-state index contributed by atoms with van der Waals surface area (Å²) >= 11 is 0. The Morgan fingerprint density at radius 3 is 3.00 bits per heavy atom. The molecule has 5 nitrogen and oxygen atoms in total. The van der Waals surface area contributed by atoms with E-state index in [-0.39, 0.29) is 6.61 Å². The summed E-state index contributed by atoms with van der Waals surface area (Å²) in [6, 6.07) is -0.466. The highest BCUT2D eigenvalue weighted by molar-refractivity contribution is 4.95. The van der Waals surface area contributed by atoms with Crippen LogP contribution in [0.5, 0.6) is 0 Å². The van der Waals surface area contributed by atoms with Gasteiger partial charge in [0.15, 0.2) is 5.82 Å². The first-order chi connectivity index (χ1) is 5.77. The Morgan fingerprint density at radius 2 is 2.42 bits per heavy atom. The molecule has 68 valence electrons. The van der Waals surface area contributed by atoms with E-state index in [1.54, 1.807) is 0 Å². The van der Waals surface area contributed by atoms with Crippen LogP contribution in [0.1, 0.15) is 31.0 Å². The maximum atomic E-state index is 8.71. The lowest BCUT2D eigenvalue weighted by molar-refractivity contribution is 0.263. The van der Waals surface area contributed by atoms with Crippen molar-refractivity contribution in [2.75, 3.05) is 6.61 Å². The molecule has 0 amide bonds. The van der Waals surface area contributed by atoms with Crippen molar-refractivity contribution in [3.8, 4) is 0 Å². The number of hydrogen-bond acceptors (Lipinski definition) is 4. The largest absolute Gasteiger partial charge is 0.394 e. The topological polar surface area (TPSA) is 87.8 Å². The van der Waals surface area contributed by atoms with Crippen LogP contribution in [0, 0.1) is 0 Å². The minimum absolute atomic E-state index is 0.122. The summed E-state index contributed by atoms with van der Waals surface area (Å²) in [4.78, 5) is 4.12. The molecule has 0 spiro atoms. The molecular formula is C7H14N4O. The van der Waals surface area contributed by atoms with Crippen LogP contribution >= 0.6 is 0 Å². The molecule has 0 saturated carbocycles. The number of hydrogen-bond donors (Lipinski definition) is 3. The third-order valence-electron chi connectivity index (χ3n) is 1.56. The van der Waals surface area contributed by atoms with Gasteiger partial charge in [0.25, 0.3) is 0 Å². The summed E-state index contributed by atoms with van der Waals surface area (Å²) in [5.41, 5.74) is 5.51. The zero-order chi connectivity index (χ0) is 8.97. The number of H-pyrrole nitrogens is 1. The van der Waals surface area contributed by atoms with Crippen molar-refractivity contribution >= 4 is 0 Å². The van der Waals surface area contributed by atoms with E-state index in [0.29, 0.717) is 5.82 Å². The van der Waals surface area contributed by atoms with E-state index in [0.717, 1.165) is 18.7 Å². The fourth-order valence-corrected chi connectivity index (χ4v) is 0.906. The average Bonchev–Trinajstić information content (AvgIpc) is 2.52. The van der Waals surface area contributed by atoms with Gasteiger partial charge in [-0.2, -0.15) is 5.10 Å². The molecule has 0 aliphatic rings. The quantitative estimate of drug-likeness (QED) is 0.581. The Hall–Kier alpha value is -0.940. The second-order valence-corrected chi connectivity index (χ2v) is 2.68. The van der Waals surface area contributed by atoms with Crippen LogP contribution in [-0.4, -0.2) is 26.9 Å². The Balaban J connectivity index is 2.63. The number of aryl methyl sites for hydroxylation is 1. The SMILES string of the molecule is CCCc1nc(C(N)CO)n[nH]1. The van der Waals surface area contributed by atoms with Gasteiger partial charge in [0, 0.05) is 6.42 Å². The van der Waals surface area contributed by atoms with Crippen molar-refractivity contribution in [3.63, 3.8) is 0 Å². The molecule has 4 N–H and O–H groups in total.